The molecule has 1 amide bonds. The highest BCUT2D eigenvalue weighted by atomic mass is 32.2. The van der Waals surface area contributed by atoms with Crippen molar-refractivity contribution >= 4 is 34.3 Å². The lowest BCUT2D eigenvalue weighted by Gasteiger charge is -2.29. The standard InChI is InChI=1S/C26H21F2N3O3S/c1-34-18-9-11-22-16(13-18)5-4-12-30(22)24(32)15-35-26-29-21-7-3-2-6-19(21)25(33)31(26)23-10-8-17(27)14-20(23)28/h2-3,6-11,13-14H,4-5,12,15H2,1H3. The molecule has 0 spiro atoms. The number of fused-ring (bicyclic) bond motifs is 2. The van der Waals surface area contributed by atoms with Gasteiger partial charge in [0.2, 0.25) is 5.91 Å². The summed E-state index contributed by atoms with van der Waals surface area (Å²) in [5.41, 5.74) is 1.67. The van der Waals surface area contributed by atoms with Gasteiger partial charge in [-0.05, 0) is 60.9 Å². The van der Waals surface area contributed by atoms with Gasteiger partial charge < -0.3 is 9.64 Å². The largest absolute Gasteiger partial charge is 0.497 e. The van der Waals surface area contributed by atoms with E-state index in [0.717, 1.165) is 58.3 Å². The molecule has 0 saturated carbocycles. The van der Waals surface area contributed by atoms with Crippen molar-refractivity contribution in [2.75, 3.05) is 24.3 Å². The third kappa shape index (κ3) is 4.39. The summed E-state index contributed by atoms with van der Waals surface area (Å²) >= 11 is 1.04. The maximum atomic E-state index is 14.7. The van der Waals surface area contributed by atoms with Gasteiger partial charge in [0.15, 0.2) is 5.16 Å². The molecule has 0 atom stereocenters. The van der Waals surface area contributed by atoms with Crippen molar-refractivity contribution in [3.05, 3.63) is 88.2 Å². The third-order valence-corrected chi connectivity index (χ3v) is 6.85. The maximum absolute atomic E-state index is 14.7. The number of hydrogen-bond acceptors (Lipinski definition) is 5. The Balaban J connectivity index is 1.50. The molecule has 0 unspecified atom stereocenters. The molecule has 9 heteroatoms. The summed E-state index contributed by atoms with van der Waals surface area (Å²) in [4.78, 5) is 32.8. The average molecular weight is 494 g/mol. The van der Waals surface area contributed by atoms with Crippen molar-refractivity contribution < 1.29 is 18.3 Å². The zero-order valence-corrected chi connectivity index (χ0v) is 19.6. The van der Waals surface area contributed by atoms with E-state index < -0.39 is 17.2 Å². The second-order valence-electron chi connectivity index (χ2n) is 8.08. The lowest BCUT2D eigenvalue weighted by atomic mass is 10.0. The van der Waals surface area contributed by atoms with Crippen LogP contribution < -0.4 is 15.2 Å². The van der Waals surface area contributed by atoms with Crippen LogP contribution in [0.5, 0.6) is 5.75 Å². The van der Waals surface area contributed by atoms with E-state index in [4.69, 9.17) is 4.74 Å². The fourth-order valence-electron chi connectivity index (χ4n) is 4.25. The number of rotatable bonds is 5. The van der Waals surface area contributed by atoms with Crippen LogP contribution in [0, 0.1) is 11.6 Å². The number of ether oxygens (including phenoxy) is 1. The molecule has 5 rings (SSSR count). The molecule has 0 fully saturated rings. The molecule has 35 heavy (non-hydrogen) atoms. The maximum Gasteiger partial charge on any atom is 0.266 e. The van der Waals surface area contributed by atoms with Crippen molar-refractivity contribution in [3.8, 4) is 11.4 Å². The van der Waals surface area contributed by atoms with Gasteiger partial charge in [0.05, 0.1) is 29.5 Å². The van der Waals surface area contributed by atoms with Gasteiger partial charge >= 0.3 is 0 Å². The number of carbonyl (C=O) groups is 1. The SMILES string of the molecule is COc1ccc2c(c1)CCCN2C(=O)CSc1nc2ccccc2c(=O)n1-c1ccc(F)cc1F. The van der Waals surface area contributed by atoms with Crippen LogP contribution in [0.15, 0.2) is 70.6 Å². The number of thioether (sulfide) groups is 1. The number of nitrogens with zero attached hydrogens (tertiary/aromatic N) is 3. The van der Waals surface area contributed by atoms with Gasteiger partial charge in [-0.15, -0.1) is 0 Å². The molecule has 4 aromatic rings. The molecule has 0 radical (unpaired) electrons. The Bertz CT molecular complexity index is 1510. The predicted octanol–water partition coefficient (Wildman–Crippen LogP) is 4.74. The molecule has 1 aromatic heterocycles. The Labute approximate surface area is 204 Å². The topological polar surface area (TPSA) is 64.4 Å². The van der Waals surface area contributed by atoms with Gasteiger partial charge in [-0.2, -0.15) is 0 Å². The van der Waals surface area contributed by atoms with E-state index in [2.05, 4.69) is 4.98 Å². The number of methoxy groups -OCH3 is 1. The minimum absolute atomic E-state index is 0.0148. The second-order valence-corrected chi connectivity index (χ2v) is 9.02. The normalized spacial score (nSPS) is 13.1. The van der Waals surface area contributed by atoms with E-state index in [1.54, 1.807) is 36.3 Å². The lowest BCUT2D eigenvalue weighted by molar-refractivity contribution is -0.116. The molecule has 1 aliphatic rings. The van der Waals surface area contributed by atoms with E-state index >= 15 is 0 Å². The van der Waals surface area contributed by atoms with Crippen LogP contribution in [-0.4, -0.2) is 34.9 Å². The third-order valence-electron chi connectivity index (χ3n) is 5.93. The number of hydrogen-bond donors (Lipinski definition) is 0. The molecule has 0 saturated heterocycles. The number of carbonyl (C=O) groups excluding carboxylic acids is 1. The first-order valence-electron chi connectivity index (χ1n) is 11.0. The highest BCUT2D eigenvalue weighted by Gasteiger charge is 2.24. The van der Waals surface area contributed by atoms with Crippen molar-refractivity contribution in [1.82, 2.24) is 9.55 Å². The Morgan fingerprint density at radius 3 is 2.69 bits per heavy atom. The number of para-hydroxylation sites is 1. The molecular weight excluding hydrogens is 472 g/mol. The highest BCUT2D eigenvalue weighted by Crippen LogP contribution is 2.32. The lowest BCUT2D eigenvalue weighted by Crippen LogP contribution is -2.36. The van der Waals surface area contributed by atoms with Crippen LogP contribution in [0.1, 0.15) is 12.0 Å². The minimum Gasteiger partial charge on any atom is -0.497 e. The van der Waals surface area contributed by atoms with Crippen LogP contribution >= 0.6 is 11.8 Å². The quantitative estimate of drug-likeness (QED) is 0.297. The van der Waals surface area contributed by atoms with Crippen molar-refractivity contribution in [3.63, 3.8) is 0 Å². The van der Waals surface area contributed by atoms with Gasteiger partial charge in [-0.1, -0.05) is 23.9 Å². The van der Waals surface area contributed by atoms with Crippen molar-refractivity contribution in [2.45, 2.75) is 18.0 Å². The molecular formula is C26H21F2N3O3S. The van der Waals surface area contributed by atoms with Crippen LogP contribution in [0.2, 0.25) is 0 Å². The van der Waals surface area contributed by atoms with Crippen LogP contribution in [0.4, 0.5) is 14.5 Å². The van der Waals surface area contributed by atoms with E-state index in [9.17, 15) is 18.4 Å². The summed E-state index contributed by atoms with van der Waals surface area (Å²) in [5, 5.41) is 0.449. The summed E-state index contributed by atoms with van der Waals surface area (Å²) in [5.74, 6) is -1.08. The van der Waals surface area contributed by atoms with Gasteiger partial charge in [-0.25, -0.2) is 13.8 Å². The highest BCUT2D eigenvalue weighted by molar-refractivity contribution is 7.99. The molecule has 6 nitrogen and oxygen atoms in total. The zero-order valence-electron chi connectivity index (χ0n) is 18.8. The van der Waals surface area contributed by atoms with Gasteiger partial charge in [0.25, 0.3) is 5.56 Å². The Morgan fingerprint density at radius 2 is 1.89 bits per heavy atom. The number of amides is 1. The number of anilines is 1. The van der Waals surface area contributed by atoms with Crippen molar-refractivity contribution in [1.29, 1.82) is 0 Å². The Kier molecular flexibility index (Phi) is 6.25. The summed E-state index contributed by atoms with van der Waals surface area (Å²) < 4.78 is 34.6. The van der Waals surface area contributed by atoms with Gasteiger partial charge in [0.1, 0.15) is 17.4 Å². The van der Waals surface area contributed by atoms with Crippen LogP contribution in [0.3, 0.4) is 0 Å². The molecule has 3 aromatic carbocycles. The summed E-state index contributed by atoms with van der Waals surface area (Å²) in [6.07, 6.45) is 1.66. The fraction of sp³-hybridized carbons (Fsp3) is 0.192. The molecule has 0 N–H and O–H groups in total. The van der Waals surface area contributed by atoms with Crippen LogP contribution in [0.25, 0.3) is 16.6 Å². The molecule has 0 bridgehead atoms. The summed E-state index contributed by atoms with van der Waals surface area (Å²) in [7, 11) is 1.60. The predicted molar refractivity (Wildman–Crippen MR) is 132 cm³/mol. The van der Waals surface area contributed by atoms with E-state index in [1.807, 2.05) is 18.2 Å². The van der Waals surface area contributed by atoms with E-state index in [-0.39, 0.29) is 22.5 Å². The molecule has 178 valence electrons. The van der Waals surface area contributed by atoms with E-state index in [0.29, 0.717) is 17.4 Å². The number of benzene rings is 3. The Hall–Kier alpha value is -3.72. The Morgan fingerprint density at radius 1 is 1.09 bits per heavy atom. The van der Waals surface area contributed by atoms with Crippen molar-refractivity contribution in [2.24, 2.45) is 0 Å². The monoisotopic (exact) mass is 493 g/mol. The van der Waals surface area contributed by atoms with Gasteiger partial charge in [0, 0.05) is 18.3 Å². The first-order valence-corrected chi connectivity index (χ1v) is 12.0. The minimum atomic E-state index is -0.892. The van der Waals surface area contributed by atoms with Gasteiger partial charge in [-0.3, -0.25) is 14.2 Å². The summed E-state index contributed by atoms with van der Waals surface area (Å²) in [6.45, 7) is 0.573. The zero-order chi connectivity index (χ0) is 24.5. The fourth-order valence-corrected chi connectivity index (χ4v) is 5.13. The summed E-state index contributed by atoms with van der Waals surface area (Å²) in [6, 6.07) is 15.3. The molecule has 1 aliphatic heterocycles. The second kappa shape index (κ2) is 9.50. The first-order chi connectivity index (χ1) is 17.0. The van der Waals surface area contributed by atoms with E-state index in [1.165, 1.54) is 6.07 Å². The smallest absolute Gasteiger partial charge is 0.266 e. The number of aryl methyl sites for hydroxylation is 1. The average Bonchev–Trinajstić information content (AvgIpc) is 2.87. The molecule has 0 aliphatic carbocycles. The molecule has 2 heterocycles. The number of aromatic nitrogens is 2. The first kappa shape index (κ1) is 23.0. The van der Waals surface area contributed by atoms with Crippen LogP contribution in [-0.2, 0) is 11.2 Å². The number of halogens is 2.